The van der Waals surface area contributed by atoms with E-state index in [9.17, 15) is 4.79 Å². The number of rotatable bonds is 6. The van der Waals surface area contributed by atoms with Gasteiger partial charge in [0.15, 0.2) is 5.82 Å². The average molecular weight is 441 g/mol. The zero-order chi connectivity index (χ0) is 21.9. The highest BCUT2D eigenvalue weighted by molar-refractivity contribution is 6.31. The van der Waals surface area contributed by atoms with Crippen LogP contribution in [0.15, 0.2) is 97.3 Å². The van der Waals surface area contributed by atoms with E-state index >= 15 is 0 Å². The number of halogens is 1. The molecule has 5 nitrogen and oxygen atoms in total. The Hall–Kier alpha value is -3.83. The van der Waals surface area contributed by atoms with Gasteiger partial charge in [0.25, 0.3) is 5.91 Å². The SMILES string of the molecule is O=C(NCc1cccc(-n2cccc2)c1)c1nc2ccc(Cl)cc2n1Cc1ccccc1. The molecule has 0 fully saturated rings. The molecule has 1 N–H and O–H groups in total. The zero-order valence-electron chi connectivity index (χ0n) is 17.3. The van der Waals surface area contributed by atoms with Gasteiger partial charge < -0.3 is 14.5 Å². The number of carbonyl (C=O) groups excluding carboxylic acids is 1. The molecule has 2 aromatic heterocycles. The maximum Gasteiger partial charge on any atom is 0.287 e. The normalized spacial score (nSPS) is 11.0. The lowest BCUT2D eigenvalue weighted by molar-refractivity contribution is 0.0937. The number of aromatic nitrogens is 3. The Labute approximate surface area is 190 Å². The van der Waals surface area contributed by atoms with Crippen molar-refractivity contribution in [2.24, 2.45) is 0 Å². The molecule has 1 amide bonds. The predicted octanol–water partition coefficient (Wildman–Crippen LogP) is 5.46. The highest BCUT2D eigenvalue weighted by Gasteiger charge is 2.18. The average Bonchev–Trinajstić information content (AvgIpc) is 3.47. The third kappa shape index (κ3) is 4.15. The zero-order valence-corrected chi connectivity index (χ0v) is 18.0. The van der Waals surface area contributed by atoms with Gasteiger partial charge in [0.2, 0.25) is 0 Å². The van der Waals surface area contributed by atoms with Crippen molar-refractivity contribution in [1.29, 1.82) is 0 Å². The first-order valence-electron chi connectivity index (χ1n) is 10.4. The monoisotopic (exact) mass is 440 g/mol. The summed E-state index contributed by atoms with van der Waals surface area (Å²) in [6.45, 7) is 0.937. The Morgan fingerprint density at radius 3 is 2.47 bits per heavy atom. The van der Waals surface area contributed by atoms with E-state index in [4.69, 9.17) is 11.6 Å². The van der Waals surface area contributed by atoms with Gasteiger partial charge in [-0.05, 0) is 53.6 Å². The number of nitrogens with zero attached hydrogens (tertiary/aromatic N) is 3. The molecule has 0 bridgehead atoms. The van der Waals surface area contributed by atoms with Crippen LogP contribution in [0.2, 0.25) is 5.02 Å². The molecule has 6 heteroatoms. The van der Waals surface area contributed by atoms with E-state index in [-0.39, 0.29) is 5.91 Å². The molecule has 0 aliphatic carbocycles. The Kier molecular flexibility index (Phi) is 5.48. The van der Waals surface area contributed by atoms with Gasteiger partial charge in [-0.15, -0.1) is 0 Å². The lowest BCUT2D eigenvalue weighted by Crippen LogP contribution is -2.26. The first-order chi connectivity index (χ1) is 15.7. The molecule has 5 rings (SSSR count). The van der Waals surface area contributed by atoms with Gasteiger partial charge in [0.1, 0.15) is 0 Å². The van der Waals surface area contributed by atoms with Gasteiger partial charge in [-0.1, -0.05) is 54.1 Å². The topological polar surface area (TPSA) is 51.9 Å². The van der Waals surface area contributed by atoms with Crippen molar-refractivity contribution in [3.05, 3.63) is 119 Å². The van der Waals surface area contributed by atoms with Gasteiger partial charge in [-0.2, -0.15) is 0 Å². The number of imidazole rings is 1. The summed E-state index contributed by atoms with van der Waals surface area (Å²) < 4.78 is 3.95. The van der Waals surface area contributed by atoms with Gasteiger partial charge in [0.05, 0.1) is 11.0 Å². The molecule has 3 aromatic carbocycles. The summed E-state index contributed by atoms with van der Waals surface area (Å²) in [6.07, 6.45) is 3.99. The minimum atomic E-state index is -0.223. The molecular formula is C26H21ClN4O. The third-order valence-corrected chi connectivity index (χ3v) is 5.60. The van der Waals surface area contributed by atoms with Crippen LogP contribution >= 0.6 is 11.6 Å². The van der Waals surface area contributed by atoms with E-state index in [1.54, 1.807) is 6.07 Å². The van der Waals surface area contributed by atoms with Gasteiger partial charge in [0, 0.05) is 36.2 Å². The van der Waals surface area contributed by atoms with Crippen molar-refractivity contribution in [2.45, 2.75) is 13.1 Å². The van der Waals surface area contributed by atoms with Crippen LogP contribution < -0.4 is 5.32 Å². The summed E-state index contributed by atoms with van der Waals surface area (Å²) in [6, 6.07) is 27.6. The summed E-state index contributed by atoms with van der Waals surface area (Å²) in [5.74, 6) is 0.146. The molecule has 0 aliphatic rings. The first kappa shape index (κ1) is 20.1. The largest absolute Gasteiger partial charge is 0.345 e. The minimum Gasteiger partial charge on any atom is -0.345 e. The summed E-state index contributed by atoms with van der Waals surface area (Å²) >= 11 is 6.24. The number of nitrogens with one attached hydrogen (secondary N) is 1. The first-order valence-corrected chi connectivity index (χ1v) is 10.8. The highest BCUT2D eigenvalue weighted by atomic mass is 35.5. The molecule has 0 atom stereocenters. The van der Waals surface area contributed by atoms with E-state index < -0.39 is 0 Å². The molecule has 32 heavy (non-hydrogen) atoms. The van der Waals surface area contributed by atoms with Crippen LogP contribution in [0.5, 0.6) is 0 Å². The van der Waals surface area contributed by atoms with Crippen LogP contribution in [0, 0.1) is 0 Å². The Balaban J connectivity index is 1.42. The molecule has 0 spiro atoms. The fraction of sp³-hybridized carbons (Fsp3) is 0.0769. The van der Waals surface area contributed by atoms with E-state index in [2.05, 4.69) is 16.4 Å². The molecule has 5 aromatic rings. The second-order valence-electron chi connectivity index (χ2n) is 7.58. The van der Waals surface area contributed by atoms with Crippen molar-refractivity contribution in [3.63, 3.8) is 0 Å². The summed E-state index contributed by atoms with van der Waals surface area (Å²) in [5.41, 5.74) is 4.72. The smallest absolute Gasteiger partial charge is 0.287 e. The van der Waals surface area contributed by atoms with Crippen LogP contribution in [-0.4, -0.2) is 20.0 Å². The van der Waals surface area contributed by atoms with Crippen LogP contribution in [0.4, 0.5) is 0 Å². The molecule has 2 heterocycles. The second kappa shape index (κ2) is 8.73. The molecule has 0 saturated heterocycles. The fourth-order valence-electron chi connectivity index (χ4n) is 3.79. The van der Waals surface area contributed by atoms with Crippen LogP contribution in [0.3, 0.4) is 0 Å². The lowest BCUT2D eigenvalue weighted by Gasteiger charge is -2.11. The Morgan fingerprint density at radius 2 is 1.66 bits per heavy atom. The van der Waals surface area contributed by atoms with Crippen molar-refractivity contribution in [2.75, 3.05) is 0 Å². The molecule has 0 saturated carbocycles. The number of hydrogen-bond acceptors (Lipinski definition) is 2. The van der Waals surface area contributed by atoms with Crippen molar-refractivity contribution < 1.29 is 4.79 Å². The maximum atomic E-state index is 13.2. The predicted molar refractivity (Wildman–Crippen MR) is 127 cm³/mol. The molecule has 0 unspecified atom stereocenters. The van der Waals surface area contributed by atoms with E-state index in [1.165, 1.54) is 0 Å². The van der Waals surface area contributed by atoms with E-state index in [1.807, 2.05) is 94.3 Å². The van der Waals surface area contributed by atoms with E-state index in [0.717, 1.165) is 27.8 Å². The number of fused-ring (bicyclic) bond motifs is 1. The molecule has 0 aliphatic heterocycles. The molecule has 0 radical (unpaired) electrons. The Morgan fingerprint density at radius 1 is 0.875 bits per heavy atom. The standard InChI is InChI=1S/C26H21ClN4O/c27-21-11-12-23-24(16-21)31(18-19-7-2-1-3-8-19)25(29-23)26(32)28-17-20-9-6-10-22(15-20)30-13-4-5-14-30/h1-16H,17-18H2,(H,28,32). The maximum absolute atomic E-state index is 13.2. The number of carbonyl (C=O) groups is 1. The van der Waals surface area contributed by atoms with Crippen LogP contribution in [-0.2, 0) is 13.1 Å². The van der Waals surface area contributed by atoms with E-state index in [0.29, 0.717) is 23.9 Å². The number of hydrogen-bond donors (Lipinski definition) is 1. The fourth-order valence-corrected chi connectivity index (χ4v) is 3.96. The van der Waals surface area contributed by atoms with Crippen molar-refractivity contribution in [3.8, 4) is 5.69 Å². The van der Waals surface area contributed by atoms with Crippen LogP contribution in [0.25, 0.3) is 16.7 Å². The molecule has 158 valence electrons. The van der Waals surface area contributed by atoms with Gasteiger partial charge >= 0.3 is 0 Å². The second-order valence-corrected chi connectivity index (χ2v) is 8.02. The Bertz CT molecular complexity index is 1370. The van der Waals surface area contributed by atoms with Crippen molar-refractivity contribution in [1.82, 2.24) is 19.4 Å². The summed E-state index contributed by atoms with van der Waals surface area (Å²) in [7, 11) is 0. The summed E-state index contributed by atoms with van der Waals surface area (Å²) in [4.78, 5) is 17.8. The number of amides is 1. The highest BCUT2D eigenvalue weighted by Crippen LogP contribution is 2.22. The van der Waals surface area contributed by atoms with Crippen molar-refractivity contribution >= 4 is 28.5 Å². The minimum absolute atomic E-state index is 0.223. The lowest BCUT2D eigenvalue weighted by atomic mass is 10.2. The third-order valence-electron chi connectivity index (χ3n) is 5.36. The number of benzene rings is 3. The van der Waals surface area contributed by atoms with Gasteiger partial charge in [-0.3, -0.25) is 4.79 Å². The van der Waals surface area contributed by atoms with Crippen LogP contribution in [0.1, 0.15) is 21.7 Å². The molecular weight excluding hydrogens is 420 g/mol. The quantitative estimate of drug-likeness (QED) is 0.381. The summed E-state index contributed by atoms with van der Waals surface area (Å²) in [5, 5.41) is 3.64. The van der Waals surface area contributed by atoms with Gasteiger partial charge in [-0.25, -0.2) is 4.98 Å².